The van der Waals surface area contributed by atoms with Crippen molar-refractivity contribution in [2.45, 2.75) is 70.8 Å². The summed E-state index contributed by atoms with van der Waals surface area (Å²) >= 11 is 0. The monoisotopic (exact) mass is 358 g/mol. The van der Waals surface area contributed by atoms with E-state index < -0.39 is 12.1 Å². The number of benzene rings is 1. The summed E-state index contributed by atoms with van der Waals surface area (Å²) in [6, 6.07) is 6.49. The Labute approximate surface area is 157 Å². The minimum atomic E-state index is -1.43. The van der Waals surface area contributed by atoms with E-state index in [0.29, 0.717) is 11.1 Å². The summed E-state index contributed by atoms with van der Waals surface area (Å²) in [5.41, 5.74) is 1.09. The number of aliphatic hydroxyl groups excluding tert-OH is 1. The molecule has 0 aliphatic carbocycles. The average molecular weight is 358 g/mol. The van der Waals surface area contributed by atoms with Crippen LogP contribution in [0.5, 0.6) is 0 Å². The van der Waals surface area contributed by atoms with Crippen molar-refractivity contribution in [1.29, 1.82) is 0 Å². The van der Waals surface area contributed by atoms with Gasteiger partial charge in [-0.25, -0.2) is 4.79 Å². The lowest BCUT2D eigenvalue weighted by Gasteiger charge is -2.10. The first-order valence-corrected chi connectivity index (χ1v) is 9.53. The Kier molecular flexibility index (Phi) is 11.1. The normalized spacial score (nSPS) is 11.6. The van der Waals surface area contributed by atoms with Gasteiger partial charge in [-0.2, -0.15) is 0 Å². The molecule has 0 aliphatic rings. The zero-order chi connectivity index (χ0) is 19.2. The number of esters is 1. The van der Waals surface area contributed by atoms with Gasteiger partial charge in [-0.3, -0.25) is 4.79 Å². The smallest absolute Gasteiger partial charge is 0.335 e. The minimum absolute atomic E-state index is 0.286. The predicted octanol–water partition coefficient (Wildman–Crippen LogP) is 4.29. The molecule has 1 aromatic carbocycles. The second-order valence-electron chi connectivity index (χ2n) is 6.51. The second-order valence-corrected chi connectivity index (χ2v) is 6.51. The van der Waals surface area contributed by atoms with Crippen molar-refractivity contribution < 1.29 is 19.4 Å². The predicted molar refractivity (Wildman–Crippen MR) is 103 cm³/mol. The van der Waals surface area contributed by atoms with E-state index in [1.807, 2.05) is 0 Å². The SMILES string of the molecule is C#Cc1ccc(C(=O)CC(O)C(=O)OCCCCCCCCCC)cc1. The highest BCUT2D eigenvalue weighted by atomic mass is 16.5. The Balaban J connectivity index is 2.18. The van der Waals surface area contributed by atoms with Crippen LogP contribution in [-0.4, -0.2) is 29.6 Å². The van der Waals surface area contributed by atoms with E-state index in [1.165, 1.54) is 32.1 Å². The number of hydrogen-bond donors (Lipinski definition) is 1. The maximum absolute atomic E-state index is 12.1. The number of Topliss-reactive ketones (excluding diaryl/α,β-unsaturated/α-hetero) is 1. The van der Waals surface area contributed by atoms with Gasteiger partial charge in [0.15, 0.2) is 11.9 Å². The van der Waals surface area contributed by atoms with E-state index in [2.05, 4.69) is 12.8 Å². The fourth-order valence-electron chi connectivity index (χ4n) is 2.63. The van der Waals surface area contributed by atoms with Gasteiger partial charge < -0.3 is 9.84 Å². The number of unbranched alkanes of at least 4 members (excludes halogenated alkanes) is 7. The molecule has 1 atom stereocenters. The van der Waals surface area contributed by atoms with Crippen LogP contribution >= 0.6 is 0 Å². The highest BCUT2D eigenvalue weighted by Crippen LogP contribution is 2.10. The van der Waals surface area contributed by atoms with Gasteiger partial charge in [0.25, 0.3) is 0 Å². The molecule has 1 rings (SSSR count). The third-order valence-corrected chi connectivity index (χ3v) is 4.27. The molecule has 26 heavy (non-hydrogen) atoms. The molecular formula is C22H30O4. The van der Waals surface area contributed by atoms with E-state index in [-0.39, 0.29) is 18.8 Å². The largest absolute Gasteiger partial charge is 0.464 e. The first-order chi connectivity index (χ1) is 12.6. The summed E-state index contributed by atoms with van der Waals surface area (Å²) in [4.78, 5) is 23.8. The maximum Gasteiger partial charge on any atom is 0.335 e. The first-order valence-electron chi connectivity index (χ1n) is 9.53. The zero-order valence-corrected chi connectivity index (χ0v) is 15.7. The van der Waals surface area contributed by atoms with Crippen molar-refractivity contribution >= 4 is 11.8 Å². The molecule has 0 aromatic heterocycles. The van der Waals surface area contributed by atoms with Crippen LogP contribution in [0.25, 0.3) is 0 Å². The van der Waals surface area contributed by atoms with Gasteiger partial charge in [0.2, 0.25) is 0 Å². The Bertz CT molecular complexity index is 583. The Hall–Kier alpha value is -2.12. The molecule has 0 saturated heterocycles. The Morgan fingerprint density at radius 3 is 2.19 bits per heavy atom. The summed E-state index contributed by atoms with van der Waals surface area (Å²) in [6.07, 6.45) is 12.8. The van der Waals surface area contributed by atoms with Crippen LogP contribution in [0.1, 0.15) is 80.6 Å². The molecular weight excluding hydrogens is 328 g/mol. The lowest BCUT2D eigenvalue weighted by Crippen LogP contribution is -2.26. The molecule has 1 N–H and O–H groups in total. The summed E-state index contributed by atoms with van der Waals surface area (Å²) in [6.45, 7) is 2.49. The molecule has 0 bridgehead atoms. The molecule has 0 spiro atoms. The third kappa shape index (κ3) is 8.82. The van der Waals surface area contributed by atoms with Gasteiger partial charge in [-0.15, -0.1) is 6.42 Å². The van der Waals surface area contributed by atoms with Gasteiger partial charge in [-0.05, 0) is 18.6 Å². The molecule has 142 valence electrons. The minimum Gasteiger partial charge on any atom is -0.464 e. The van der Waals surface area contributed by atoms with Crippen LogP contribution < -0.4 is 0 Å². The second kappa shape index (κ2) is 13.1. The molecule has 0 fully saturated rings. The molecule has 1 aromatic rings. The summed E-state index contributed by atoms with van der Waals surface area (Å²) in [5, 5.41) is 9.85. The summed E-state index contributed by atoms with van der Waals surface area (Å²) in [5.74, 6) is 1.42. The number of ketones is 1. The Morgan fingerprint density at radius 2 is 1.62 bits per heavy atom. The molecule has 0 radical (unpaired) electrons. The zero-order valence-electron chi connectivity index (χ0n) is 15.7. The fraction of sp³-hybridized carbons (Fsp3) is 0.545. The number of hydrogen-bond acceptors (Lipinski definition) is 4. The van der Waals surface area contributed by atoms with Crippen LogP contribution in [0.2, 0.25) is 0 Å². The van der Waals surface area contributed by atoms with Gasteiger partial charge >= 0.3 is 5.97 Å². The third-order valence-electron chi connectivity index (χ3n) is 4.27. The van der Waals surface area contributed by atoms with E-state index in [0.717, 1.165) is 19.3 Å². The molecule has 0 aliphatic heterocycles. The van der Waals surface area contributed by atoms with Crippen molar-refractivity contribution in [2.75, 3.05) is 6.61 Å². The molecule has 4 heteroatoms. The topological polar surface area (TPSA) is 63.6 Å². The van der Waals surface area contributed by atoms with Crippen molar-refractivity contribution in [3.63, 3.8) is 0 Å². The number of rotatable bonds is 13. The first kappa shape index (κ1) is 21.9. The fourth-order valence-corrected chi connectivity index (χ4v) is 2.63. The van der Waals surface area contributed by atoms with Gasteiger partial charge in [0.1, 0.15) is 0 Å². The number of carbonyl (C=O) groups is 2. The van der Waals surface area contributed by atoms with Crippen LogP contribution in [0.4, 0.5) is 0 Å². The highest BCUT2D eigenvalue weighted by Gasteiger charge is 2.21. The summed E-state index contributed by atoms with van der Waals surface area (Å²) < 4.78 is 5.05. The molecule has 1 unspecified atom stereocenters. The lowest BCUT2D eigenvalue weighted by atomic mass is 10.0. The lowest BCUT2D eigenvalue weighted by molar-refractivity contribution is -0.153. The van der Waals surface area contributed by atoms with Crippen molar-refractivity contribution in [3.05, 3.63) is 35.4 Å². The van der Waals surface area contributed by atoms with Crippen LogP contribution in [0.15, 0.2) is 24.3 Å². The average Bonchev–Trinajstić information content (AvgIpc) is 2.66. The van der Waals surface area contributed by atoms with E-state index in [1.54, 1.807) is 24.3 Å². The molecule has 0 amide bonds. The van der Waals surface area contributed by atoms with Crippen molar-refractivity contribution in [1.82, 2.24) is 0 Å². The van der Waals surface area contributed by atoms with Crippen LogP contribution in [0, 0.1) is 12.3 Å². The van der Waals surface area contributed by atoms with Crippen molar-refractivity contribution in [3.8, 4) is 12.3 Å². The van der Waals surface area contributed by atoms with Gasteiger partial charge in [0, 0.05) is 17.5 Å². The number of carbonyl (C=O) groups excluding carboxylic acids is 2. The summed E-state index contributed by atoms with van der Waals surface area (Å²) in [7, 11) is 0. The highest BCUT2D eigenvalue weighted by molar-refractivity contribution is 5.98. The standard InChI is InChI=1S/C22H30O4/c1-3-5-6-7-8-9-10-11-16-26-22(25)21(24)17-20(23)19-14-12-18(4-2)13-15-19/h2,12-15,21,24H,3,5-11,16-17H2,1H3. The maximum atomic E-state index is 12.1. The quantitative estimate of drug-likeness (QED) is 0.247. The van der Waals surface area contributed by atoms with E-state index in [4.69, 9.17) is 11.2 Å². The van der Waals surface area contributed by atoms with E-state index >= 15 is 0 Å². The van der Waals surface area contributed by atoms with Gasteiger partial charge in [-0.1, -0.05) is 69.9 Å². The molecule has 0 saturated carbocycles. The number of aliphatic hydroxyl groups is 1. The van der Waals surface area contributed by atoms with E-state index in [9.17, 15) is 14.7 Å². The number of terminal acetylenes is 1. The Morgan fingerprint density at radius 1 is 1.04 bits per heavy atom. The molecule has 0 heterocycles. The van der Waals surface area contributed by atoms with Gasteiger partial charge in [0.05, 0.1) is 6.61 Å². The van der Waals surface area contributed by atoms with Crippen LogP contribution in [0.3, 0.4) is 0 Å². The van der Waals surface area contributed by atoms with Crippen LogP contribution in [-0.2, 0) is 9.53 Å². The van der Waals surface area contributed by atoms with Crippen molar-refractivity contribution in [2.24, 2.45) is 0 Å². The molecule has 4 nitrogen and oxygen atoms in total. The number of ether oxygens (including phenoxy) is 1.